The second-order valence-corrected chi connectivity index (χ2v) is 28.8. The molecule has 1 aromatic heterocycles. The summed E-state index contributed by atoms with van der Waals surface area (Å²) in [6.07, 6.45) is 0. The molecule has 0 bridgehead atoms. The lowest BCUT2D eigenvalue weighted by Crippen LogP contribution is -2.38. The van der Waals surface area contributed by atoms with Crippen LogP contribution in [-0.2, 0) is 32.5 Å². The Morgan fingerprint density at radius 2 is 0.825 bits per heavy atom. The Labute approximate surface area is 343 Å². The highest BCUT2D eigenvalue weighted by atomic mass is 31.2. The molecule has 0 N–H and O–H groups in total. The molecule has 2 aromatic carbocycles. The quantitative estimate of drug-likeness (QED) is 0.110. The van der Waals surface area contributed by atoms with Gasteiger partial charge in [0.1, 0.15) is 0 Å². The summed E-state index contributed by atoms with van der Waals surface area (Å²) in [4.78, 5) is 19.8. The van der Waals surface area contributed by atoms with Crippen LogP contribution < -0.4 is 5.57 Å². The molecular weight excluding hydrogens is 748 g/mol. The third kappa shape index (κ3) is 8.77. The van der Waals surface area contributed by atoms with Gasteiger partial charge in [0.2, 0.25) is 19.4 Å². The van der Waals surface area contributed by atoms with E-state index in [0.29, 0.717) is 0 Å². The molecule has 0 fully saturated rings. The number of benzene rings is 2. The van der Waals surface area contributed by atoms with E-state index >= 15 is 4.20 Å². The van der Waals surface area contributed by atoms with Gasteiger partial charge >= 0.3 is 5.57 Å². The Morgan fingerprint density at radius 3 is 1.09 bits per heavy atom. The number of hydrogen-bond donors (Lipinski definition) is 0. The molecule has 0 radical (unpaired) electrons. The van der Waals surface area contributed by atoms with E-state index in [-0.39, 0.29) is 50.0 Å². The molecular formula is C45H67FN9P2+. The van der Waals surface area contributed by atoms with Crippen LogP contribution in [0.1, 0.15) is 190 Å². The van der Waals surface area contributed by atoms with E-state index in [4.69, 9.17) is 9.97 Å². The van der Waals surface area contributed by atoms with Crippen LogP contribution in [0.3, 0.4) is 0 Å². The first-order valence-electron chi connectivity index (χ1n) is 19.9. The van der Waals surface area contributed by atoms with Crippen molar-refractivity contribution in [3.8, 4) is 0 Å². The minimum Gasteiger partial charge on any atom is -0.216 e. The van der Waals surface area contributed by atoms with Crippen molar-refractivity contribution in [2.24, 2.45) is 10.2 Å². The standard InChI is InChI=1S/C45H67FN9P2/c1-39(2,3)26-22-28(41(7,8)9)32(29(23-26)42(10,11)12)34-56(38-50-36(52-54-47)49-37(51-38)53-55-48)35(57(34,46)45(19,20)21)33-30(43(13,14)15)24-27(40(4,5)6)25-31(33)44(16,17)18/h22-25H,1-21H3/q+1. The van der Waals surface area contributed by atoms with E-state index in [1.54, 1.807) is 0 Å². The van der Waals surface area contributed by atoms with Crippen LogP contribution in [0.25, 0.3) is 20.9 Å². The Kier molecular flexibility index (Phi) is 11.8. The van der Waals surface area contributed by atoms with E-state index in [0.717, 1.165) is 43.4 Å². The Bertz CT molecular complexity index is 2200. The molecule has 0 saturated carbocycles. The lowest BCUT2D eigenvalue weighted by Gasteiger charge is -2.42. The molecule has 2 heterocycles. The highest BCUT2D eigenvalue weighted by molar-refractivity contribution is 8.21. The maximum atomic E-state index is 20.3. The lowest BCUT2D eigenvalue weighted by molar-refractivity contribution is 0.546. The SMILES string of the molecule is CC(C)(C)c1cc(C(C)(C)C)c(C2=[P+](c3nc(N=[N+]=[N-])nc(N=[N+]=[N-])n3)C(c3c(C(C)(C)C)cc(C(C)(C)C)cc3C(C)(C)C)=P2(F)C(C)(C)C)c(C(C)(C)C)c1. The van der Waals surface area contributed by atoms with Crippen LogP contribution in [0.15, 0.2) is 34.5 Å². The summed E-state index contributed by atoms with van der Waals surface area (Å²) in [5.74, 6) is -0.441. The zero-order valence-corrected chi connectivity index (χ0v) is 40.4. The normalized spacial score (nSPS) is 17.9. The van der Waals surface area contributed by atoms with Crippen molar-refractivity contribution < 1.29 is 4.20 Å². The molecule has 0 aliphatic carbocycles. The zero-order chi connectivity index (χ0) is 43.9. The average molecular weight is 815 g/mol. The van der Waals surface area contributed by atoms with Crippen LogP contribution in [-0.4, -0.2) is 30.2 Å². The van der Waals surface area contributed by atoms with Crippen molar-refractivity contribution in [1.29, 1.82) is 0 Å². The summed E-state index contributed by atoms with van der Waals surface area (Å²) in [5.41, 5.74) is 26.1. The van der Waals surface area contributed by atoms with Crippen LogP contribution in [0.4, 0.5) is 16.1 Å². The van der Waals surface area contributed by atoms with E-state index in [1.807, 2.05) is 20.8 Å². The molecule has 3 aromatic rings. The van der Waals surface area contributed by atoms with Crippen molar-refractivity contribution in [3.05, 3.63) is 89.7 Å². The van der Waals surface area contributed by atoms with Gasteiger partial charge in [-0.15, -0.1) is 0 Å². The third-order valence-electron chi connectivity index (χ3n) is 10.7. The van der Waals surface area contributed by atoms with Crippen LogP contribution in [0.5, 0.6) is 0 Å². The molecule has 2 atom stereocenters. The molecule has 2 unspecified atom stereocenters. The van der Waals surface area contributed by atoms with Crippen molar-refractivity contribution in [2.75, 3.05) is 0 Å². The van der Waals surface area contributed by atoms with Gasteiger partial charge in [0.15, 0.2) is 17.3 Å². The van der Waals surface area contributed by atoms with Gasteiger partial charge in [-0.1, -0.05) is 170 Å². The molecule has 9 nitrogen and oxygen atoms in total. The van der Waals surface area contributed by atoms with E-state index < -0.39 is 19.9 Å². The lowest BCUT2D eigenvalue weighted by atomic mass is 9.72. The fourth-order valence-corrected chi connectivity index (χ4v) is 16.9. The number of azide groups is 2. The summed E-state index contributed by atoms with van der Waals surface area (Å²) < 4.78 is 20.3. The molecule has 1 aliphatic heterocycles. The molecule has 0 spiro atoms. The summed E-state index contributed by atoms with van der Waals surface area (Å²) in [6.45, 7) is 45.9. The van der Waals surface area contributed by atoms with Crippen molar-refractivity contribution in [2.45, 2.75) is 183 Å². The Balaban J connectivity index is 2.56. The van der Waals surface area contributed by atoms with Gasteiger partial charge in [-0.2, -0.15) is 9.97 Å². The van der Waals surface area contributed by atoms with Crippen molar-refractivity contribution in [1.82, 2.24) is 15.0 Å². The summed E-state index contributed by atoms with van der Waals surface area (Å²) in [5, 5.41) is 8.16. The van der Waals surface area contributed by atoms with Crippen LogP contribution in [0.2, 0.25) is 0 Å². The Morgan fingerprint density at radius 1 is 0.509 bits per heavy atom. The molecule has 1 aliphatic rings. The third-order valence-corrected chi connectivity index (χ3v) is 18.9. The summed E-state index contributed by atoms with van der Waals surface area (Å²) in [6, 6.07) is 9.17. The molecule has 308 valence electrons. The fourth-order valence-electron chi connectivity index (χ4n) is 7.40. The zero-order valence-electron chi connectivity index (χ0n) is 38.6. The molecule has 4 rings (SSSR count). The maximum absolute atomic E-state index is 20.3. The predicted octanol–water partition coefficient (Wildman–Crippen LogP) is 14.7. The number of hydrogen-bond acceptors (Lipinski definition) is 5. The van der Waals surface area contributed by atoms with E-state index in [1.165, 1.54) is 11.1 Å². The van der Waals surface area contributed by atoms with Gasteiger partial charge in [-0.05, 0) is 87.2 Å². The molecule has 12 heteroatoms. The van der Waals surface area contributed by atoms with Crippen molar-refractivity contribution in [3.63, 3.8) is 0 Å². The fraction of sp³-hybridized carbons (Fsp3) is 0.622. The van der Waals surface area contributed by atoms with Gasteiger partial charge in [0.05, 0.1) is 0 Å². The van der Waals surface area contributed by atoms with Gasteiger partial charge in [-0.3, -0.25) is 0 Å². The summed E-state index contributed by atoms with van der Waals surface area (Å²) >= 11 is 0. The highest BCUT2D eigenvalue weighted by Gasteiger charge is 2.63. The monoisotopic (exact) mass is 814 g/mol. The first-order valence-corrected chi connectivity index (χ1v) is 22.9. The average Bonchev–Trinajstić information content (AvgIpc) is 3.00. The topological polar surface area (TPSA) is 136 Å². The highest BCUT2D eigenvalue weighted by Crippen LogP contribution is 2.78. The maximum Gasteiger partial charge on any atom is 0.345 e. The summed E-state index contributed by atoms with van der Waals surface area (Å²) in [7, 11) is -5.64. The van der Waals surface area contributed by atoms with Gasteiger partial charge in [0.25, 0.3) is 0 Å². The number of nitrogens with zero attached hydrogens (tertiary/aromatic N) is 9. The molecule has 0 saturated heterocycles. The van der Waals surface area contributed by atoms with Gasteiger partial charge < -0.3 is 0 Å². The minimum atomic E-state index is -3.82. The molecule has 57 heavy (non-hydrogen) atoms. The second kappa shape index (κ2) is 14.6. The van der Waals surface area contributed by atoms with Gasteiger partial charge in [-0.25, -0.2) is 9.18 Å². The van der Waals surface area contributed by atoms with E-state index in [2.05, 4.69) is 174 Å². The number of rotatable bonds is 5. The number of aromatic nitrogens is 3. The smallest absolute Gasteiger partial charge is 0.216 e. The van der Waals surface area contributed by atoms with Crippen LogP contribution in [0, 0.1) is 0 Å². The Hall–Kier alpha value is -3.53. The molecule has 0 amide bonds. The van der Waals surface area contributed by atoms with Crippen LogP contribution >= 0.6 is 14.7 Å². The minimum absolute atomic E-state index is 0.169. The second-order valence-electron chi connectivity index (χ2n) is 22.7. The van der Waals surface area contributed by atoms with Gasteiger partial charge in [0, 0.05) is 26.1 Å². The largest absolute Gasteiger partial charge is 0.345 e. The van der Waals surface area contributed by atoms with Crippen molar-refractivity contribution >= 4 is 42.3 Å². The number of halogens is 1. The van der Waals surface area contributed by atoms with E-state index in [9.17, 15) is 11.1 Å². The predicted molar refractivity (Wildman–Crippen MR) is 245 cm³/mol. The first kappa shape index (κ1) is 46.2. The first-order chi connectivity index (χ1) is 25.5.